The SMILES string of the molecule is CC1CCC(N)C(C(=O)NC2CCCC(C)(C)C2)C1. The summed E-state index contributed by atoms with van der Waals surface area (Å²) < 4.78 is 0. The molecule has 2 rings (SSSR count). The highest BCUT2D eigenvalue weighted by Crippen LogP contribution is 2.35. The molecule has 2 aliphatic carbocycles. The Labute approximate surface area is 117 Å². The molecule has 0 aromatic carbocycles. The van der Waals surface area contributed by atoms with Crippen LogP contribution in [0.2, 0.25) is 0 Å². The van der Waals surface area contributed by atoms with Crippen LogP contribution in [0.3, 0.4) is 0 Å². The number of amides is 1. The number of hydrogen-bond acceptors (Lipinski definition) is 2. The molecule has 3 nitrogen and oxygen atoms in total. The van der Waals surface area contributed by atoms with E-state index in [2.05, 4.69) is 26.1 Å². The molecule has 0 bridgehead atoms. The number of carbonyl (C=O) groups excluding carboxylic acids is 1. The maximum absolute atomic E-state index is 12.4. The van der Waals surface area contributed by atoms with Gasteiger partial charge in [-0.15, -0.1) is 0 Å². The molecule has 19 heavy (non-hydrogen) atoms. The second-order valence-corrected chi connectivity index (χ2v) is 7.65. The lowest BCUT2D eigenvalue weighted by molar-refractivity contribution is -0.128. The zero-order chi connectivity index (χ0) is 14.0. The second kappa shape index (κ2) is 5.82. The fourth-order valence-corrected chi connectivity index (χ4v) is 3.84. The molecule has 0 spiro atoms. The summed E-state index contributed by atoms with van der Waals surface area (Å²) in [6.07, 6.45) is 7.87. The van der Waals surface area contributed by atoms with Gasteiger partial charge in [0, 0.05) is 12.1 Å². The minimum atomic E-state index is 0.0359. The quantitative estimate of drug-likeness (QED) is 0.807. The van der Waals surface area contributed by atoms with E-state index in [9.17, 15) is 4.79 Å². The first-order valence-electron chi connectivity index (χ1n) is 7.93. The summed E-state index contributed by atoms with van der Waals surface area (Å²) in [4.78, 5) is 12.4. The van der Waals surface area contributed by atoms with Crippen molar-refractivity contribution in [2.24, 2.45) is 23.0 Å². The van der Waals surface area contributed by atoms with E-state index in [1.54, 1.807) is 0 Å². The molecular formula is C16H30N2O. The van der Waals surface area contributed by atoms with Crippen molar-refractivity contribution in [1.82, 2.24) is 5.32 Å². The predicted molar refractivity (Wildman–Crippen MR) is 78.7 cm³/mol. The van der Waals surface area contributed by atoms with Gasteiger partial charge in [-0.1, -0.05) is 27.2 Å². The summed E-state index contributed by atoms with van der Waals surface area (Å²) in [6.45, 7) is 6.84. The molecule has 2 saturated carbocycles. The Morgan fingerprint density at radius 3 is 2.68 bits per heavy atom. The van der Waals surface area contributed by atoms with Crippen molar-refractivity contribution in [3.8, 4) is 0 Å². The van der Waals surface area contributed by atoms with Gasteiger partial charge in [0.25, 0.3) is 0 Å². The number of nitrogens with two attached hydrogens (primary N) is 1. The standard InChI is InChI=1S/C16H30N2O/c1-11-6-7-14(17)13(9-11)15(19)18-12-5-4-8-16(2,3)10-12/h11-14H,4-10,17H2,1-3H3,(H,18,19). The van der Waals surface area contributed by atoms with Gasteiger partial charge < -0.3 is 11.1 Å². The summed E-state index contributed by atoms with van der Waals surface area (Å²) in [5.74, 6) is 0.883. The topological polar surface area (TPSA) is 55.1 Å². The van der Waals surface area contributed by atoms with Crippen molar-refractivity contribution >= 4 is 5.91 Å². The predicted octanol–water partition coefficient (Wildman–Crippen LogP) is 2.83. The summed E-state index contributed by atoms with van der Waals surface area (Å²) >= 11 is 0. The fourth-order valence-electron chi connectivity index (χ4n) is 3.84. The van der Waals surface area contributed by atoms with Crippen molar-refractivity contribution in [2.45, 2.75) is 77.8 Å². The van der Waals surface area contributed by atoms with Crippen molar-refractivity contribution in [3.63, 3.8) is 0 Å². The minimum Gasteiger partial charge on any atom is -0.353 e. The van der Waals surface area contributed by atoms with Crippen molar-refractivity contribution in [2.75, 3.05) is 0 Å². The summed E-state index contributed by atoms with van der Waals surface area (Å²) in [5.41, 5.74) is 6.51. The number of rotatable bonds is 2. The summed E-state index contributed by atoms with van der Waals surface area (Å²) in [6, 6.07) is 0.425. The third kappa shape index (κ3) is 3.95. The Morgan fingerprint density at radius 2 is 2.00 bits per heavy atom. The average molecular weight is 266 g/mol. The third-order valence-corrected chi connectivity index (χ3v) is 5.05. The van der Waals surface area contributed by atoms with Crippen LogP contribution < -0.4 is 11.1 Å². The van der Waals surface area contributed by atoms with E-state index in [4.69, 9.17) is 5.73 Å². The molecule has 2 aliphatic rings. The second-order valence-electron chi connectivity index (χ2n) is 7.65. The van der Waals surface area contributed by atoms with E-state index in [1.807, 2.05) is 0 Å². The maximum atomic E-state index is 12.4. The Bertz CT molecular complexity index is 327. The summed E-state index contributed by atoms with van der Waals surface area (Å²) in [5, 5.41) is 3.28. The van der Waals surface area contributed by atoms with Crippen LogP contribution in [0.1, 0.15) is 65.7 Å². The molecule has 0 aromatic heterocycles. The van der Waals surface area contributed by atoms with Crippen LogP contribution in [0, 0.1) is 17.3 Å². The number of hydrogen-bond donors (Lipinski definition) is 2. The first-order valence-corrected chi connectivity index (χ1v) is 7.93. The first-order chi connectivity index (χ1) is 8.87. The monoisotopic (exact) mass is 266 g/mol. The molecule has 0 saturated heterocycles. The molecule has 0 aromatic rings. The minimum absolute atomic E-state index is 0.0359. The van der Waals surface area contributed by atoms with E-state index in [0.29, 0.717) is 17.4 Å². The smallest absolute Gasteiger partial charge is 0.224 e. The van der Waals surface area contributed by atoms with E-state index in [-0.39, 0.29) is 17.9 Å². The van der Waals surface area contributed by atoms with E-state index < -0.39 is 0 Å². The Hall–Kier alpha value is -0.570. The van der Waals surface area contributed by atoms with Crippen molar-refractivity contribution < 1.29 is 4.79 Å². The largest absolute Gasteiger partial charge is 0.353 e. The molecule has 4 atom stereocenters. The van der Waals surface area contributed by atoms with E-state index in [1.165, 1.54) is 19.3 Å². The molecule has 4 unspecified atom stereocenters. The molecule has 110 valence electrons. The average Bonchev–Trinajstić information content (AvgIpc) is 2.31. The van der Waals surface area contributed by atoms with Gasteiger partial charge in [0.15, 0.2) is 0 Å². The highest BCUT2D eigenvalue weighted by Gasteiger charge is 2.34. The van der Waals surface area contributed by atoms with Gasteiger partial charge in [0.1, 0.15) is 0 Å². The van der Waals surface area contributed by atoms with Gasteiger partial charge in [-0.05, 0) is 49.9 Å². The molecule has 0 heterocycles. The van der Waals surface area contributed by atoms with Crippen molar-refractivity contribution in [3.05, 3.63) is 0 Å². The molecule has 3 N–H and O–H groups in total. The van der Waals surface area contributed by atoms with Crippen LogP contribution >= 0.6 is 0 Å². The van der Waals surface area contributed by atoms with E-state index >= 15 is 0 Å². The lowest BCUT2D eigenvalue weighted by atomic mass is 9.74. The first kappa shape index (κ1) is 14.8. The highest BCUT2D eigenvalue weighted by molar-refractivity contribution is 5.79. The van der Waals surface area contributed by atoms with Crippen LogP contribution in [0.15, 0.2) is 0 Å². The van der Waals surface area contributed by atoms with Gasteiger partial charge in [-0.3, -0.25) is 4.79 Å². The molecule has 0 radical (unpaired) electrons. The van der Waals surface area contributed by atoms with Gasteiger partial charge in [0.2, 0.25) is 5.91 Å². The van der Waals surface area contributed by atoms with E-state index in [0.717, 1.165) is 25.7 Å². The molecule has 2 fully saturated rings. The Morgan fingerprint density at radius 1 is 1.26 bits per heavy atom. The van der Waals surface area contributed by atoms with Gasteiger partial charge in [-0.2, -0.15) is 0 Å². The molecule has 0 aliphatic heterocycles. The Balaban J connectivity index is 1.89. The normalized spacial score (nSPS) is 38.7. The zero-order valence-corrected chi connectivity index (χ0v) is 12.7. The number of carbonyl (C=O) groups is 1. The van der Waals surface area contributed by atoms with Crippen LogP contribution in [0.4, 0.5) is 0 Å². The van der Waals surface area contributed by atoms with Gasteiger partial charge in [0.05, 0.1) is 5.92 Å². The van der Waals surface area contributed by atoms with Crippen LogP contribution in [0.5, 0.6) is 0 Å². The van der Waals surface area contributed by atoms with Crippen LogP contribution in [-0.2, 0) is 4.79 Å². The van der Waals surface area contributed by atoms with Crippen molar-refractivity contribution in [1.29, 1.82) is 0 Å². The lowest BCUT2D eigenvalue weighted by Crippen LogP contribution is -2.49. The highest BCUT2D eigenvalue weighted by atomic mass is 16.2. The maximum Gasteiger partial charge on any atom is 0.224 e. The van der Waals surface area contributed by atoms with Gasteiger partial charge >= 0.3 is 0 Å². The zero-order valence-electron chi connectivity index (χ0n) is 12.7. The van der Waals surface area contributed by atoms with Crippen LogP contribution in [0.25, 0.3) is 0 Å². The molecule has 3 heteroatoms. The van der Waals surface area contributed by atoms with Gasteiger partial charge in [-0.25, -0.2) is 0 Å². The molecular weight excluding hydrogens is 236 g/mol. The Kier molecular flexibility index (Phi) is 4.54. The third-order valence-electron chi connectivity index (χ3n) is 5.05. The summed E-state index contributed by atoms with van der Waals surface area (Å²) in [7, 11) is 0. The number of nitrogens with one attached hydrogen (secondary N) is 1. The molecule has 1 amide bonds. The lowest BCUT2D eigenvalue weighted by Gasteiger charge is -2.37. The van der Waals surface area contributed by atoms with Crippen LogP contribution in [-0.4, -0.2) is 18.0 Å². The fraction of sp³-hybridized carbons (Fsp3) is 0.938.